The van der Waals surface area contributed by atoms with Crippen LogP contribution in [0.1, 0.15) is 12.5 Å². The van der Waals surface area contributed by atoms with Crippen LogP contribution in [0, 0.1) is 0 Å². The maximum Gasteiger partial charge on any atom is 0.251 e. The lowest BCUT2D eigenvalue weighted by molar-refractivity contribution is 0.306. The van der Waals surface area contributed by atoms with Crippen molar-refractivity contribution >= 4 is 23.1 Å². The van der Waals surface area contributed by atoms with Gasteiger partial charge in [0.05, 0.1) is 6.20 Å². The highest BCUT2D eigenvalue weighted by Crippen LogP contribution is 2.23. The van der Waals surface area contributed by atoms with Crippen molar-refractivity contribution in [2.45, 2.75) is 13.5 Å². The Labute approximate surface area is 176 Å². The van der Waals surface area contributed by atoms with E-state index < -0.39 is 0 Å². The van der Waals surface area contributed by atoms with Crippen molar-refractivity contribution in [2.75, 3.05) is 16.8 Å². The van der Waals surface area contributed by atoms with Gasteiger partial charge in [-0.15, -0.1) is 5.10 Å². The Hall–Kier alpha value is -3.93. The van der Waals surface area contributed by atoms with Gasteiger partial charge in [-0.1, -0.05) is 48.5 Å². The molecule has 6 heteroatoms. The van der Waals surface area contributed by atoms with Gasteiger partial charge in [-0.3, -0.25) is 0 Å². The average Bonchev–Trinajstić information content (AvgIpc) is 2.81. The predicted molar refractivity (Wildman–Crippen MR) is 119 cm³/mol. The van der Waals surface area contributed by atoms with Crippen LogP contribution in [0.3, 0.4) is 0 Å². The number of nitrogens with one attached hydrogen (secondary N) is 1. The minimum atomic E-state index is 0.541. The molecule has 0 amide bonds. The van der Waals surface area contributed by atoms with Gasteiger partial charge < -0.3 is 15.0 Å². The molecule has 0 aliphatic carbocycles. The monoisotopic (exact) mass is 397 g/mol. The molecular weight excluding hydrogens is 374 g/mol. The average molecular weight is 397 g/mol. The lowest BCUT2D eigenvalue weighted by Gasteiger charge is -2.20. The Kier molecular flexibility index (Phi) is 6.15. The number of para-hydroxylation sites is 1. The highest BCUT2D eigenvalue weighted by molar-refractivity contribution is 5.60. The third-order valence-electron chi connectivity index (χ3n) is 4.55. The van der Waals surface area contributed by atoms with Gasteiger partial charge in [-0.05, 0) is 48.9 Å². The minimum absolute atomic E-state index is 0.541. The van der Waals surface area contributed by atoms with Gasteiger partial charge in [-0.25, -0.2) is 0 Å². The van der Waals surface area contributed by atoms with E-state index in [4.69, 9.17) is 4.74 Å². The van der Waals surface area contributed by atoms with Crippen LogP contribution in [-0.2, 0) is 6.61 Å². The Morgan fingerprint density at radius 2 is 1.57 bits per heavy atom. The van der Waals surface area contributed by atoms with E-state index in [2.05, 4.69) is 27.4 Å². The summed E-state index contributed by atoms with van der Waals surface area (Å²) in [7, 11) is 0. The largest absolute Gasteiger partial charge is 0.489 e. The van der Waals surface area contributed by atoms with Crippen molar-refractivity contribution in [3.8, 4) is 5.75 Å². The van der Waals surface area contributed by atoms with Crippen molar-refractivity contribution in [1.29, 1.82) is 0 Å². The molecule has 30 heavy (non-hydrogen) atoms. The predicted octanol–water partition coefficient (Wildman–Crippen LogP) is 5.35. The molecule has 0 saturated carbocycles. The quantitative estimate of drug-likeness (QED) is 0.432. The van der Waals surface area contributed by atoms with Crippen LogP contribution in [0.25, 0.3) is 0 Å². The van der Waals surface area contributed by atoms with Crippen LogP contribution in [-0.4, -0.2) is 21.7 Å². The first-order valence-corrected chi connectivity index (χ1v) is 9.88. The molecule has 3 aromatic carbocycles. The summed E-state index contributed by atoms with van der Waals surface area (Å²) < 4.78 is 5.84. The van der Waals surface area contributed by atoms with Crippen LogP contribution >= 0.6 is 0 Å². The Bertz CT molecular complexity index is 1060. The molecule has 0 spiro atoms. The van der Waals surface area contributed by atoms with Crippen LogP contribution in [0.2, 0.25) is 0 Å². The number of ether oxygens (including phenoxy) is 1. The molecule has 0 radical (unpaired) electrons. The fourth-order valence-corrected chi connectivity index (χ4v) is 3.04. The molecule has 0 atom stereocenters. The van der Waals surface area contributed by atoms with E-state index >= 15 is 0 Å². The first-order chi connectivity index (χ1) is 14.8. The number of rotatable bonds is 8. The third kappa shape index (κ3) is 4.91. The van der Waals surface area contributed by atoms with Gasteiger partial charge in [-0.2, -0.15) is 10.1 Å². The fourth-order valence-electron chi connectivity index (χ4n) is 3.04. The first-order valence-electron chi connectivity index (χ1n) is 9.88. The van der Waals surface area contributed by atoms with Crippen molar-refractivity contribution in [3.63, 3.8) is 0 Å². The zero-order valence-electron chi connectivity index (χ0n) is 16.8. The zero-order chi connectivity index (χ0) is 20.6. The molecule has 0 saturated heterocycles. The van der Waals surface area contributed by atoms with Crippen LogP contribution in [0.5, 0.6) is 5.75 Å². The second-order valence-corrected chi connectivity index (χ2v) is 6.65. The molecule has 1 N–H and O–H groups in total. The van der Waals surface area contributed by atoms with E-state index in [1.54, 1.807) is 6.20 Å². The maximum atomic E-state index is 5.84. The lowest BCUT2D eigenvalue weighted by atomic mass is 10.2. The Morgan fingerprint density at radius 1 is 0.867 bits per heavy atom. The summed E-state index contributed by atoms with van der Waals surface area (Å²) in [5.74, 6) is 2.00. The fraction of sp³-hybridized carbons (Fsp3) is 0.125. The lowest BCUT2D eigenvalue weighted by Crippen LogP contribution is -2.19. The van der Waals surface area contributed by atoms with Crippen molar-refractivity contribution in [1.82, 2.24) is 15.2 Å². The van der Waals surface area contributed by atoms with E-state index in [9.17, 15) is 0 Å². The molecule has 0 bridgehead atoms. The summed E-state index contributed by atoms with van der Waals surface area (Å²) in [5, 5.41) is 11.6. The summed E-state index contributed by atoms with van der Waals surface area (Å²) >= 11 is 0. The zero-order valence-corrected chi connectivity index (χ0v) is 16.8. The van der Waals surface area contributed by atoms with E-state index in [1.807, 2.05) is 89.8 Å². The van der Waals surface area contributed by atoms with Gasteiger partial charge in [0.2, 0.25) is 0 Å². The number of nitrogens with zero attached hydrogens (tertiary/aromatic N) is 4. The molecule has 150 valence electrons. The molecule has 4 aromatic rings. The number of hydrogen-bond donors (Lipinski definition) is 1. The third-order valence-corrected chi connectivity index (χ3v) is 4.55. The standard InChI is InChI=1S/C24H23N5O/c1-2-29(21-11-7-4-8-12-21)24-27-23(17-25-28-24)26-20-13-15-22(16-14-20)30-18-19-9-5-3-6-10-19/h3-17H,2,18H2,1H3,(H,26,27,28). The summed E-state index contributed by atoms with van der Waals surface area (Å²) in [6.45, 7) is 3.34. The molecule has 0 aliphatic rings. The van der Waals surface area contributed by atoms with Gasteiger partial charge in [0, 0.05) is 17.9 Å². The topological polar surface area (TPSA) is 63.2 Å². The molecule has 6 nitrogen and oxygen atoms in total. The molecule has 1 heterocycles. The van der Waals surface area contributed by atoms with Gasteiger partial charge in [0.1, 0.15) is 12.4 Å². The summed E-state index contributed by atoms with van der Waals surface area (Å²) in [6.07, 6.45) is 1.61. The molecule has 0 unspecified atom stereocenters. The number of anilines is 4. The molecule has 0 aliphatic heterocycles. The summed E-state index contributed by atoms with van der Waals surface area (Å²) in [4.78, 5) is 6.64. The SMILES string of the molecule is CCN(c1ccccc1)c1nncc(Nc2ccc(OCc3ccccc3)cc2)n1. The molecule has 1 aromatic heterocycles. The van der Waals surface area contributed by atoms with Crippen LogP contribution < -0.4 is 15.0 Å². The highest BCUT2D eigenvalue weighted by atomic mass is 16.5. The van der Waals surface area contributed by atoms with Gasteiger partial charge >= 0.3 is 0 Å². The Balaban J connectivity index is 1.42. The summed E-state index contributed by atoms with van der Waals surface area (Å²) in [5.41, 5.74) is 3.06. The smallest absolute Gasteiger partial charge is 0.251 e. The summed E-state index contributed by atoms with van der Waals surface area (Å²) in [6, 6.07) is 27.9. The maximum absolute atomic E-state index is 5.84. The number of aromatic nitrogens is 3. The van der Waals surface area contributed by atoms with Crippen molar-refractivity contribution < 1.29 is 4.74 Å². The van der Waals surface area contributed by atoms with E-state index in [1.165, 1.54) is 0 Å². The van der Waals surface area contributed by atoms with Crippen LogP contribution in [0.15, 0.2) is 91.1 Å². The highest BCUT2D eigenvalue weighted by Gasteiger charge is 2.11. The molecule has 0 fully saturated rings. The van der Waals surface area contributed by atoms with Crippen molar-refractivity contribution in [3.05, 3.63) is 96.7 Å². The van der Waals surface area contributed by atoms with Crippen LogP contribution in [0.4, 0.5) is 23.1 Å². The first kappa shape index (κ1) is 19.4. The Morgan fingerprint density at radius 3 is 2.27 bits per heavy atom. The molecular formula is C24H23N5O. The molecule has 4 rings (SSSR count). The minimum Gasteiger partial charge on any atom is -0.489 e. The second kappa shape index (κ2) is 9.52. The number of benzene rings is 3. The van der Waals surface area contributed by atoms with E-state index in [0.29, 0.717) is 18.4 Å². The number of hydrogen-bond acceptors (Lipinski definition) is 6. The second-order valence-electron chi connectivity index (χ2n) is 6.65. The van der Waals surface area contributed by atoms with Gasteiger partial charge in [0.15, 0.2) is 5.82 Å². The van der Waals surface area contributed by atoms with E-state index in [0.717, 1.165) is 29.2 Å². The van der Waals surface area contributed by atoms with Crippen molar-refractivity contribution in [2.24, 2.45) is 0 Å². The van der Waals surface area contributed by atoms with Gasteiger partial charge in [0.25, 0.3) is 5.95 Å². The van der Waals surface area contributed by atoms with E-state index in [-0.39, 0.29) is 0 Å². The normalized spacial score (nSPS) is 10.4.